The van der Waals surface area contributed by atoms with Gasteiger partial charge in [-0.05, 0) is 74.2 Å². The molecule has 0 aliphatic heterocycles. The maximum atomic E-state index is 12.9. The van der Waals surface area contributed by atoms with Gasteiger partial charge in [-0.3, -0.25) is 0 Å². The number of benzene rings is 2. The van der Waals surface area contributed by atoms with Gasteiger partial charge in [-0.1, -0.05) is 0 Å². The van der Waals surface area contributed by atoms with Crippen LogP contribution >= 0.6 is 0 Å². The Bertz CT molecular complexity index is 799. The number of carbonyl (C=O) groups excluding carboxylic acids is 1. The van der Waals surface area contributed by atoms with Crippen molar-refractivity contribution >= 4 is 11.7 Å². The van der Waals surface area contributed by atoms with Gasteiger partial charge < -0.3 is 20.1 Å². The van der Waals surface area contributed by atoms with Crippen LogP contribution in [0.3, 0.4) is 0 Å². The van der Waals surface area contributed by atoms with Crippen LogP contribution < -0.4 is 20.1 Å². The number of carbonyl (C=O) groups is 1. The summed E-state index contributed by atoms with van der Waals surface area (Å²) in [6.07, 6.45) is -0.147. The Morgan fingerprint density at radius 2 is 1.55 bits per heavy atom. The molecule has 8 heteroatoms. The molecule has 2 N–H and O–H groups in total. The van der Waals surface area contributed by atoms with E-state index in [9.17, 15) is 18.0 Å². The zero-order chi connectivity index (χ0) is 20.9. The molecule has 1 aliphatic carbocycles. The van der Waals surface area contributed by atoms with Crippen molar-refractivity contribution in [1.29, 1.82) is 0 Å². The second kappa shape index (κ2) is 9.07. The van der Waals surface area contributed by atoms with Gasteiger partial charge in [-0.25, -0.2) is 9.18 Å². The molecule has 0 atom stereocenters. The second-order valence-corrected chi connectivity index (χ2v) is 7.08. The number of halogens is 3. The summed E-state index contributed by atoms with van der Waals surface area (Å²) in [7, 11) is 0. The highest BCUT2D eigenvalue weighted by atomic mass is 19.3. The van der Waals surface area contributed by atoms with Gasteiger partial charge in [0.1, 0.15) is 17.3 Å². The van der Waals surface area contributed by atoms with Crippen molar-refractivity contribution in [2.45, 2.75) is 50.9 Å². The fourth-order valence-corrected chi connectivity index (χ4v) is 3.20. The van der Waals surface area contributed by atoms with Gasteiger partial charge in [0.25, 0.3) is 0 Å². The molecule has 1 saturated carbocycles. The minimum atomic E-state index is -3.26. The third kappa shape index (κ3) is 6.89. The van der Waals surface area contributed by atoms with E-state index < -0.39 is 6.11 Å². The summed E-state index contributed by atoms with van der Waals surface area (Å²) in [5.41, 5.74) is 0.475. The van der Waals surface area contributed by atoms with Crippen molar-refractivity contribution in [3.05, 3.63) is 54.3 Å². The van der Waals surface area contributed by atoms with Crippen LogP contribution in [0.15, 0.2) is 48.5 Å². The molecule has 2 aromatic rings. The molecular formula is C21H23F3N2O3. The molecular weight excluding hydrogens is 385 g/mol. The van der Waals surface area contributed by atoms with E-state index >= 15 is 0 Å². The van der Waals surface area contributed by atoms with Crippen molar-refractivity contribution < 1.29 is 27.4 Å². The molecule has 0 saturated heterocycles. The quantitative estimate of drug-likeness (QED) is 0.679. The highest BCUT2D eigenvalue weighted by molar-refractivity contribution is 5.89. The number of nitrogens with one attached hydrogen (secondary N) is 2. The fourth-order valence-electron chi connectivity index (χ4n) is 3.20. The number of hydrogen-bond donors (Lipinski definition) is 2. The lowest BCUT2D eigenvalue weighted by atomic mass is 9.93. The van der Waals surface area contributed by atoms with Crippen LogP contribution in [0.25, 0.3) is 0 Å². The average Bonchev–Trinajstić information content (AvgIpc) is 2.66. The van der Waals surface area contributed by atoms with E-state index in [-0.39, 0.29) is 29.7 Å². The van der Waals surface area contributed by atoms with Crippen LogP contribution in [0.1, 0.15) is 32.6 Å². The van der Waals surface area contributed by atoms with Crippen molar-refractivity contribution in [3.8, 4) is 11.5 Å². The predicted molar refractivity (Wildman–Crippen MR) is 103 cm³/mol. The molecule has 0 bridgehead atoms. The van der Waals surface area contributed by atoms with E-state index in [0.717, 1.165) is 25.7 Å². The van der Waals surface area contributed by atoms with E-state index in [4.69, 9.17) is 4.74 Å². The molecule has 0 aromatic heterocycles. The van der Waals surface area contributed by atoms with E-state index in [1.54, 1.807) is 12.1 Å². The highest BCUT2D eigenvalue weighted by Gasteiger charge is 2.24. The first kappa shape index (κ1) is 20.8. The number of anilines is 1. The zero-order valence-corrected chi connectivity index (χ0v) is 16.0. The summed E-state index contributed by atoms with van der Waals surface area (Å²) in [5, 5.41) is 5.58. The SMILES string of the molecule is CC(F)(F)Oc1ccc(NC(=O)NC2CCC(Oc3ccc(F)cc3)CC2)cc1. The first-order valence-corrected chi connectivity index (χ1v) is 9.43. The first-order chi connectivity index (χ1) is 13.8. The van der Waals surface area contributed by atoms with E-state index in [2.05, 4.69) is 15.4 Å². The second-order valence-electron chi connectivity index (χ2n) is 7.08. The summed E-state index contributed by atoms with van der Waals surface area (Å²) in [4.78, 5) is 12.2. The Hall–Kier alpha value is -2.90. The summed E-state index contributed by atoms with van der Waals surface area (Å²) in [5.74, 6) is 0.346. The van der Waals surface area contributed by atoms with Gasteiger partial charge >= 0.3 is 12.1 Å². The number of hydrogen-bond acceptors (Lipinski definition) is 3. The molecule has 29 heavy (non-hydrogen) atoms. The van der Waals surface area contributed by atoms with E-state index in [0.29, 0.717) is 18.4 Å². The number of ether oxygens (including phenoxy) is 2. The van der Waals surface area contributed by atoms with Crippen LogP contribution in [0.2, 0.25) is 0 Å². The molecule has 1 fully saturated rings. The smallest absolute Gasteiger partial charge is 0.394 e. The van der Waals surface area contributed by atoms with E-state index in [1.807, 2.05) is 0 Å². The molecule has 0 radical (unpaired) electrons. The summed E-state index contributed by atoms with van der Waals surface area (Å²) < 4.78 is 48.9. The summed E-state index contributed by atoms with van der Waals surface area (Å²) in [6.45, 7) is 0.659. The lowest BCUT2D eigenvalue weighted by molar-refractivity contribution is -0.158. The highest BCUT2D eigenvalue weighted by Crippen LogP contribution is 2.25. The summed E-state index contributed by atoms with van der Waals surface area (Å²) in [6, 6.07) is 11.3. The molecule has 0 heterocycles. The first-order valence-electron chi connectivity index (χ1n) is 9.43. The van der Waals surface area contributed by atoms with Crippen LogP contribution in [0, 0.1) is 5.82 Å². The minimum absolute atomic E-state index is 0.0166. The topological polar surface area (TPSA) is 59.6 Å². The number of alkyl halides is 2. The van der Waals surface area contributed by atoms with Crippen molar-refractivity contribution in [2.24, 2.45) is 0 Å². The number of amides is 2. The van der Waals surface area contributed by atoms with Crippen LogP contribution in [0.5, 0.6) is 11.5 Å². The standard InChI is InChI=1S/C21H23F3N2O3/c1-21(23,24)29-19-12-6-16(7-13-19)26-20(27)25-15-4-10-18(11-5-15)28-17-8-2-14(22)3-9-17/h2-3,6-9,12-13,15,18H,4-5,10-11H2,1H3,(H2,25,26,27). The lowest BCUT2D eigenvalue weighted by Crippen LogP contribution is -2.41. The molecule has 0 spiro atoms. The van der Waals surface area contributed by atoms with Gasteiger partial charge in [0.2, 0.25) is 0 Å². The Kier molecular flexibility index (Phi) is 6.51. The van der Waals surface area contributed by atoms with Crippen molar-refractivity contribution in [3.63, 3.8) is 0 Å². The Balaban J connectivity index is 1.41. The van der Waals surface area contributed by atoms with Gasteiger partial charge in [0.05, 0.1) is 6.10 Å². The molecule has 156 valence electrons. The molecule has 1 aliphatic rings. The Morgan fingerprint density at radius 1 is 0.966 bits per heavy atom. The lowest BCUT2D eigenvalue weighted by Gasteiger charge is -2.29. The van der Waals surface area contributed by atoms with Crippen LogP contribution in [0.4, 0.5) is 23.7 Å². The number of rotatable bonds is 6. The number of urea groups is 1. The predicted octanol–water partition coefficient (Wildman–Crippen LogP) is 5.33. The molecule has 3 rings (SSSR count). The third-order valence-corrected chi connectivity index (χ3v) is 4.54. The monoisotopic (exact) mass is 408 g/mol. The van der Waals surface area contributed by atoms with Gasteiger partial charge in [0.15, 0.2) is 0 Å². The van der Waals surface area contributed by atoms with Gasteiger partial charge in [-0.2, -0.15) is 8.78 Å². The van der Waals surface area contributed by atoms with Gasteiger partial charge in [-0.15, -0.1) is 0 Å². The van der Waals surface area contributed by atoms with Crippen LogP contribution in [-0.4, -0.2) is 24.3 Å². The van der Waals surface area contributed by atoms with E-state index in [1.165, 1.54) is 36.4 Å². The normalized spacial score (nSPS) is 19.3. The molecule has 5 nitrogen and oxygen atoms in total. The minimum Gasteiger partial charge on any atom is -0.490 e. The van der Waals surface area contributed by atoms with Crippen molar-refractivity contribution in [2.75, 3.05) is 5.32 Å². The fraction of sp³-hybridized carbons (Fsp3) is 0.381. The summed E-state index contributed by atoms with van der Waals surface area (Å²) >= 11 is 0. The maximum absolute atomic E-state index is 12.9. The maximum Gasteiger partial charge on any atom is 0.394 e. The molecule has 2 amide bonds. The third-order valence-electron chi connectivity index (χ3n) is 4.54. The molecule has 2 aromatic carbocycles. The zero-order valence-electron chi connectivity index (χ0n) is 16.0. The largest absolute Gasteiger partial charge is 0.490 e. The Labute approximate surface area is 167 Å². The van der Waals surface area contributed by atoms with Crippen molar-refractivity contribution in [1.82, 2.24) is 5.32 Å². The molecule has 0 unspecified atom stereocenters. The van der Waals surface area contributed by atoms with Crippen LogP contribution in [-0.2, 0) is 0 Å². The van der Waals surface area contributed by atoms with Gasteiger partial charge in [0, 0.05) is 18.7 Å². The average molecular weight is 408 g/mol. The Morgan fingerprint density at radius 3 is 2.14 bits per heavy atom.